The lowest BCUT2D eigenvalue weighted by Crippen LogP contribution is -2.30. The smallest absolute Gasteiger partial charge is 0.127 e. The van der Waals surface area contributed by atoms with Crippen molar-refractivity contribution in [3.05, 3.63) is 47.5 Å². The molecule has 3 N–H and O–H groups in total. The van der Waals surface area contributed by atoms with E-state index in [1.807, 2.05) is 12.1 Å². The first-order valence-electron chi connectivity index (χ1n) is 4.52. The minimum atomic E-state index is 0.536. The molecule has 0 aliphatic carbocycles. The summed E-state index contributed by atoms with van der Waals surface area (Å²) in [5.41, 5.74) is 0.899. The Bertz CT molecular complexity index is 409. The van der Waals surface area contributed by atoms with Crippen LogP contribution < -0.4 is 10.9 Å². The summed E-state index contributed by atoms with van der Waals surface area (Å²) in [6.07, 6.45) is 3.47. The molecule has 0 saturated carbocycles. The van der Waals surface area contributed by atoms with E-state index in [9.17, 15) is 0 Å². The Hall–Kier alpha value is -1.52. The van der Waals surface area contributed by atoms with Gasteiger partial charge in [0.2, 0.25) is 0 Å². The molecule has 2 rings (SSSR count). The molecule has 1 aromatic heterocycles. The number of rotatable bonds is 3. The van der Waals surface area contributed by atoms with Crippen molar-refractivity contribution in [2.75, 3.05) is 5.01 Å². The maximum atomic E-state index is 5.87. The number of anilines is 1. The van der Waals surface area contributed by atoms with Crippen molar-refractivity contribution >= 4 is 17.3 Å². The molecule has 0 unspecified atom stereocenters. The van der Waals surface area contributed by atoms with E-state index in [1.165, 1.54) is 0 Å². The maximum Gasteiger partial charge on any atom is 0.127 e. The van der Waals surface area contributed by atoms with Crippen LogP contribution in [0, 0.1) is 0 Å². The average molecular weight is 223 g/mol. The van der Waals surface area contributed by atoms with Crippen LogP contribution in [0.1, 0.15) is 5.82 Å². The van der Waals surface area contributed by atoms with Gasteiger partial charge in [0.1, 0.15) is 5.82 Å². The van der Waals surface area contributed by atoms with Crippen LogP contribution in [0.4, 0.5) is 5.69 Å². The van der Waals surface area contributed by atoms with Gasteiger partial charge < -0.3 is 9.99 Å². The first-order valence-corrected chi connectivity index (χ1v) is 4.89. The number of nitrogens with two attached hydrogens (primary N) is 1. The van der Waals surface area contributed by atoms with Crippen LogP contribution in [0.15, 0.2) is 36.7 Å². The first-order chi connectivity index (χ1) is 7.25. The molecule has 5 heteroatoms. The van der Waals surface area contributed by atoms with Crippen LogP contribution in [-0.4, -0.2) is 9.97 Å². The van der Waals surface area contributed by atoms with Gasteiger partial charge in [0.05, 0.1) is 12.2 Å². The molecule has 0 fully saturated rings. The van der Waals surface area contributed by atoms with Gasteiger partial charge in [0, 0.05) is 17.4 Å². The number of benzene rings is 1. The molecule has 0 radical (unpaired) electrons. The topological polar surface area (TPSA) is 57.9 Å². The lowest BCUT2D eigenvalue weighted by Gasteiger charge is -2.17. The molecule has 15 heavy (non-hydrogen) atoms. The molecule has 0 amide bonds. The van der Waals surface area contributed by atoms with Crippen molar-refractivity contribution in [2.24, 2.45) is 5.84 Å². The van der Waals surface area contributed by atoms with E-state index in [4.69, 9.17) is 17.4 Å². The zero-order valence-corrected chi connectivity index (χ0v) is 8.78. The SMILES string of the molecule is NN(Cc1ncc[nH]1)c1ccc(Cl)cc1. The Morgan fingerprint density at radius 1 is 1.33 bits per heavy atom. The summed E-state index contributed by atoms with van der Waals surface area (Å²) in [4.78, 5) is 7.09. The summed E-state index contributed by atoms with van der Waals surface area (Å²) in [6.45, 7) is 0.536. The van der Waals surface area contributed by atoms with E-state index >= 15 is 0 Å². The van der Waals surface area contributed by atoms with Crippen molar-refractivity contribution in [3.8, 4) is 0 Å². The van der Waals surface area contributed by atoms with Gasteiger partial charge in [-0.25, -0.2) is 10.8 Å². The van der Waals surface area contributed by atoms with E-state index in [0.717, 1.165) is 11.5 Å². The van der Waals surface area contributed by atoms with E-state index in [1.54, 1.807) is 29.5 Å². The Morgan fingerprint density at radius 2 is 2.07 bits per heavy atom. The Balaban J connectivity index is 2.08. The summed E-state index contributed by atoms with van der Waals surface area (Å²) in [5, 5.41) is 2.31. The van der Waals surface area contributed by atoms with E-state index in [2.05, 4.69) is 9.97 Å². The predicted molar refractivity (Wildman–Crippen MR) is 60.4 cm³/mol. The number of nitrogens with one attached hydrogen (secondary N) is 1. The van der Waals surface area contributed by atoms with Gasteiger partial charge in [-0.2, -0.15) is 0 Å². The molecule has 0 aliphatic heterocycles. The lowest BCUT2D eigenvalue weighted by molar-refractivity contribution is 0.807. The van der Waals surface area contributed by atoms with Gasteiger partial charge in [-0.3, -0.25) is 0 Å². The number of hydrogen-bond acceptors (Lipinski definition) is 3. The zero-order chi connectivity index (χ0) is 10.7. The molecule has 0 aliphatic rings. The molecule has 4 nitrogen and oxygen atoms in total. The van der Waals surface area contributed by atoms with Gasteiger partial charge in [-0.1, -0.05) is 11.6 Å². The van der Waals surface area contributed by atoms with Gasteiger partial charge >= 0.3 is 0 Å². The fraction of sp³-hybridized carbons (Fsp3) is 0.100. The number of nitrogens with zero attached hydrogens (tertiary/aromatic N) is 2. The molecule has 1 heterocycles. The molecular weight excluding hydrogens is 212 g/mol. The fourth-order valence-electron chi connectivity index (χ4n) is 1.27. The van der Waals surface area contributed by atoms with Crippen LogP contribution in [0.3, 0.4) is 0 Å². The van der Waals surface area contributed by atoms with Crippen LogP contribution in [-0.2, 0) is 6.54 Å². The highest BCUT2D eigenvalue weighted by molar-refractivity contribution is 6.30. The molecule has 2 aromatic rings. The average Bonchev–Trinajstić information content (AvgIpc) is 2.71. The molecule has 0 spiro atoms. The van der Waals surface area contributed by atoms with Crippen molar-refractivity contribution in [2.45, 2.75) is 6.54 Å². The standard InChI is InChI=1S/C10H11ClN4/c11-8-1-3-9(4-2-8)15(12)7-10-13-5-6-14-10/h1-6H,7,12H2,(H,13,14). The molecule has 0 saturated heterocycles. The molecule has 0 bridgehead atoms. The third kappa shape index (κ3) is 2.49. The fourth-order valence-corrected chi connectivity index (χ4v) is 1.40. The number of hydrazine groups is 1. The third-order valence-electron chi connectivity index (χ3n) is 2.03. The summed E-state index contributed by atoms with van der Waals surface area (Å²) in [7, 11) is 0. The van der Waals surface area contributed by atoms with Crippen LogP contribution >= 0.6 is 11.6 Å². The number of imidazole rings is 1. The number of halogens is 1. The lowest BCUT2D eigenvalue weighted by atomic mass is 10.3. The Kier molecular flexibility index (Phi) is 2.89. The van der Waals surface area contributed by atoms with Crippen LogP contribution in [0.2, 0.25) is 5.02 Å². The quantitative estimate of drug-likeness (QED) is 0.617. The second kappa shape index (κ2) is 4.33. The van der Waals surface area contributed by atoms with Crippen molar-refractivity contribution in [3.63, 3.8) is 0 Å². The third-order valence-corrected chi connectivity index (χ3v) is 2.29. The number of aromatic amines is 1. The van der Waals surface area contributed by atoms with E-state index < -0.39 is 0 Å². The van der Waals surface area contributed by atoms with Crippen molar-refractivity contribution < 1.29 is 0 Å². The van der Waals surface area contributed by atoms with Gasteiger partial charge in [0.15, 0.2) is 0 Å². The zero-order valence-electron chi connectivity index (χ0n) is 8.02. The minimum Gasteiger partial charge on any atom is -0.347 e. The van der Waals surface area contributed by atoms with E-state index in [-0.39, 0.29) is 0 Å². The van der Waals surface area contributed by atoms with Crippen LogP contribution in [0.25, 0.3) is 0 Å². The maximum absolute atomic E-state index is 5.87. The highest BCUT2D eigenvalue weighted by Crippen LogP contribution is 2.16. The second-order valence-electron chi connectivity index (χ2n) is 3.14. The Labute approximate surface area is 92.7 Å². The highest BCUT2D eigenvalue weighted by atomic mass is 35.5. The number of aromatic nitrogens is 2. The first kappa shape index (κ1) is 10.0. The van der Waals surface area contributed by atoms with Crippen LogP contribution in [0.5, 0.6) is 0 Å². The van der Waals surface area contributed by atoms with E-state index in [0.29, 0.717) is 11.6 Å². The monoisotopic (exact) mass is 222 g/mol. The molecular formula is C10H11ClN4. The van der Waals surface area contributed by atoms with Crippen molar-refractivity contribution in [1.29, 1.82) is 0 Å². The van der Waals surface area contributed by atoms with Gasteiger partial charge in [-0.15, -0.1) is 0 Å². The molecule has 0 atom stereocenters. The molecule has 1 aromatic carbocycles. The second-order valence-corrected chi connectivity index (χ2v) is 3.58. The van der Waals surface area contributed by atoms with Crippen molar-refractivity contribution in [1.82, 2.24) is 9.97 Å². The normalized spacial score (nSPS) is 10.3. The Morgan fingerprint density at radius 3 is 2.67 bits per heavy atom. The number of H-pyrrole nitrogens is 1. The summed E-state index contributed by atoms with van der Waals surface area (Å²) in [5.74, 6) is 6.69. The summed E-state index contributed by atoms with van der Waals surface area (Å²) in [6, 6.07) is 7.34. The minimum absolute atomic E-state index is 0.536. The van der Waals surface area contributed by atoms with Gasteiger partial charge in [0.25, 0.3) is 0 Å². The number of hydrogen-bond donors (Lipinski definition) is 2. The summed E-state index contributed by atoms with van der Waals surface area (Å²) < 4.78 is 0. The van der Waals surface area contributed by atoms with Gasteiger partial charge in [-0.05, 0) is 24.3 Å². The largest absolute Gasteiger partial charge is 0.347 e. The predicted octanol–water partition coefficient (Wildman–Crippen LogP) is 1.94. The molecule has 78 valence electrons. The highest BCUT2D eigenvalue weighted by Gasteiger charge is 2.03. The summed E-state index contributed by atoms with van der Waals surface area (Å²) >= 11 is 5.78.